The molecule has 21 heavy (non-hydrogen) atoms. The lowest BCUT2D eigenvalue weighted by Gasteiger charge is -2.13. The zero-order chi connectivity index (χ0) is 15.7. The molecule has 1 atom stereocenters. The highest BCUT2D eigenvalue weighted by molar-refractivity contribution is 6.10. The van der Waals surface area contributed by atoms with Gasteiger partial charge in [-0.1, -0.05) is 13.3 Å². The Bertz CT molecular complexity index is 716. The third-order valence-electron chi connectivity index (χ3n) is 3.53. The van der Waals surface area contributed by atoms with Crippen LogP contribution < -0.4 is 16.6 Å². The topological polar surface area (TPSA) is 110 Å². The molecule has 0 fully saturated rings. The van der Waals surface area contributed by atoms with Gasteiger partial charge in [-0.25, -0.2) is 4.79 Å². The smallest absolute Gasteiger partial charge is 0.332 e. The number of carbonyl (C=O) groups excluding carboxylic acids is 1. The Morgan fingerprint density at radius 3 is 2.57 bits per heavy atom. The summed E-state index contributed by atoms with van der Waals surface area (Å²) in [6.07, 6.45) is 1.12. The molecule has 8 nitrogen and oxygen atoms in total. The molecule has 2 N–H and O–H groups in total. The molecule has 0 saturated heterocycles. The molecule has 1 unspecified atom stereocenters. The van der Waals surface area contributed by atoms with Gasteiger partial charge in [-0.2, -0.15) is 0 Å². The monoisotopic (exact) mass is 295 g/mol. The number of unbranched alkanes of at least 4 members (excludes halogenated alkanes) is 1. The zero-order valence-electron chi connectivity index (χ0n) is 11.9. The number of carbonyl (C=O) groups is 2. The summed E-state index contributed by atoms with van der Waals surface area (Å²) in [6.45, 7) is 2.32. The molecular formula is C13H17N3O5. The Hall–Kier alpha value is -2.38. The highest BCUT2D eigenvalue weighted by atomic mass is 16.4. The van der Waals surface area contributed by atoms with Crippen LogP contribution in [0, 0.1) is 0 Å². The summed E-state index contributed by atoms with van der Waals surface area (Å²) >= 11 is 0. The molecule has 0 spiro atoms. The van der Waals surface area contributed by atoms with Gasteiger partial charge in [-0.3, -0.25) is 23.5 Å². The highest BCUT2D eigenvalue weighted by Gasteiger charge is 2.37. The summed E-state index contributed by atoms with van der Waals surface area (Å²) in [4.78, 5) is 47.2. The van der Waals surface area contributed by atoms with E-state index >= 15 is 0 Å². The van der Waals surface area contributed by atoms with E-state index in [0.717, 1.165) is 11.0 Å². The van der Waals surface area contributed by atoms with Crippen LogP contribution in [-0.2, 0) is 18.4 Å². The molecule has 1 aliphatic heterocycles. The number of fused-ring (bicyclic) bond motifs is 1. The number of nitrogens with one attached hydrogen (secondary N) is 1. The van der Waals surface area contributed by atoms with E-state index < -0.39 is 35.5 Å². The number of aliphatic carboxylic acids is 1. The van der Waals surface area contributed by atoms with E-state index in [-0.39, 0.29) is 11.4 Å². The number of nitrogens with zero attached hydrogens (tertiary/aromatic N) is 2. The lowest BCUT2D eigenvalue weighted by atomic mass is 10.1. The number of carboxylic acid groups (broad SMARTS) is 1. The van der Waals surface area contributed by atoms with E-state index in [2.05, 4.69) is 5.32 Å². The van der Waals surface area contributed by atoms with Gasteiger partial charge in [0.1, 0.15) is 17.4 Å². The molecule has 1 aromatic rings. The third-order valence-corrected chi connectivity index (χ3v) is 3.53. The maximum Gasteiger partial charge on any atom is 0.332 e. The van der Waals surface area contributed by atoms with Gasteiger partial charge in [0.15, 0.2) is 5.78 Å². The summed E-state index contributed by atoms with van der Waals surface area (Å²) in [6, 6.07) is -1.00. The van der Waals surface area contributed by atoms with Crippen LogP contribution in [0.5, 0.6) is 0 Å². The van der Waals surface area contributed by atoms with Crippen LogP contribution in [0.15, 0.2) is 9.59 Å². The van der Waals surface area contributed by atoms with Gasteiger partial charge in [0.25, 0.3) is 5.56 Å². The van der Waals surface area contributed by atoms with E-state index in [0.29, 0.717) is 13.0 Å². The molecule has 2 rings (SSSR count). The van der Waals surface area contributed by atoms with E-state index in [1.54, 1.807) is 0 Å². The molecule has 1 aliphatic rings. The second-order valence-corrected chi connectivity index (χ2v) is 5.03. The third kappa shape index (κ3) is 2.48. The maximum atomic E-state index is 12.2. The minimum absolute atomic E-state index is 0.126. The van der Waals surface area contributed by atoms with Gasteiger partial charge in [-0.15, -0.1) is 0 Å². The van der Waals surface area contributed by atoms with Crippen LogP contribution in [0.1, 0.15) is 36.5 Å². The van der Waals surface area contributed by atoms with Gasteiger partial charge < -0.3 is 10.4 Å². The van der Waals surface area contributed by atoms with Gasteiger partial charge in [-0.05, 0) is 6.42 Å². The first-order chi connectivity index (χ1) is 9.88. The molecule has 0 bridgehead atoms. The molecule has 0 amide bonds. The predicted octanol–water partition coefficient (Wildman–Crippen LogP) is -0.201. The fourth-order valence-electron chi connectivity index (χ4n) is 2.39. The largest absolute Gasteiger partial charge is 0.481 e. The second kappa shape index (κ2) is 5.55. The van der Waals surface area contributed by atoms with Gasteiger partial charge >= 0.3 is 11.7 Å². The number of hydrogen-bond donors (Lipinski definition) is 2. The quantitative estimate of drug-likeness (QED) is 0.778. The Kier molecular flexibility index (Phi) is 3.97. The number of Topliss-reactive ketones (excluding diaryl/α,β-unsaturated/α-hetero) is 1. The van der Waals surface area contributed by atoms with Crippen molar-refractivity contribution >= 4 is 17.6 Å². The van der Waals surface area contributed by atoms with E-state index in [4.69, 9.17) is 5.11 Å². The fourth-order valence-corrected chi connectivity index (χ4v) is 2.39. The standard InChI is InChI=1S/C13H17N3O5/c1-3-4-5-16-11-9(12(20)15(2)13(16)21)10(19)7(14-11)6-8(17)18/h7,14H,3-6H2,1-2H3,(H,17,18). The molecule has 0 saturated carbocycles. The number of anilines is 1. The average Bonchev–Trinajstić information content (AvgIpc) is 2.73. The van der Waals surface area contributed by atoms with Crippen molar-refractivity contribution in [2.75, 3.05) is 5.32 Å². The Balaban J connectivity index is 2.57. The second-order valence-electron chi connectivity index (χ2n) is 5.03. The van der Waals surface area contributed by atoms with Crippen LogP contribution in [0.4, 0.5) is 5.82 Å². The first-order valence-electron chi connectivity index (χ1n) is 6.74. The maximum absolute atomic E-state index is 12.2. The lowest BCUT2D eigenvalue weighted by molar-refractivity contribution is -0.137. The van der Waals surface area contributed by atoms with Gasteiger partial charge in [0.05, 0.1) is 6.42 Å². The van der Waals surface area contributed by atoms with Crippen LogP contribution in [-0.4, -0.2) is 32.0 Å². The van der Waals surface area contributed by atoms with Crippen LogP contribution in [0.3, 0.4) is 0 Å². The van der Waals surface area contributed by atoms with Crippen LogP contribution >= 0.6 is 0 Å². The number of hydrogen-bond acceptors (Lipinski definition) is 5. The minimum Gasteiger partial charge on any atom is -0.481 e. The van der Waals surface area contributed by atoms with Crippen molar-refractivity contribution in [2.24, 2.45) is 7.05 Å². The molecular weight excluding hydrogens is 278 g/mol. The summed E-state index contributed by atoms with van der Waals surface area (Å²) in [7, 11) is 1.31. The SMILES string of the molecule is CCCCn1c2c(c(=O)n(C)c1=O)C(=O)C(CC(=O)O)N2. The van der Waals surface area contributed by atoms with Crippen molar-refractivity contribution in [1.82, 2.24) is 9.13 Å². The Morgan fingerprint density at radius 1 is 1.33 bits per heavy atom. The molecule has 0 aliphatic carbocycles. The van der Waals surface area contributed by atoms with Crippen molar-refractivity contribution < 1.29 is 14.7 Å². The number of ketones is 1. The van der Waals surface area contributed by atoms with E-state index in [1.165, 1.54) is 11.6 Å². The average molecular weight is 295 g/mol. The summed E-state index contributed by atoms with van der Waals surface area (Å²) in [5, 5.41) is 11.5. The molecule has 8 heteroatoms. The number of rotatable bonds is 5. The molecule has 0 radical (unpaired) electrons. The van der Waals surface area contributed by atoms with Crippen molar-refractivity contribution in [3.8, 4) is 0 Å². The number of aromatic nitrogens is 2. The summed E-state index contributed by atoms with van der Waals surface area (Å²) in [5.41, 5.74) is -1.32. The highest BCUT2D eigenvalue weighted by Crippen LogP contribution is 2.23. The van der Waals surface area contributed by atoms with Crippen molar-refractivity contribution in [1.29, 1.82) is 0 Å². The first-order valence-corrected chi connectivity index (χ1v) is 6.74. The minimum atomic E-state index is -1.15. The van der Waals surface area contributed by atoms with Gasteiger partial charge in [0, 0.05) is 13.6 Å². The Morgan fingerprint density at radius 2 is 2.00 bits per heavy atom. The predicted molar refractivity (Wildman–Crippen MR) is 74.8 cm³/mol. The normalized spacial score (nSPS) is 16.7. The molecule has 2 heterocycles. The molecule has 0 aromatic carbocycles. The van der Waals surface area contributed by atoms with Gasteiger partial charge in [0.2, 0.25) is 0 Å². The van der Waals surface area contributed by atoms with Crippen molar-refractivity contribution in [3.05, 3.63) is 26.4 Å². The van der Waals surface area contributed by atoms with E-state index in [9.17, 15) is 19.2 Å². The summed E-state index contributed by atoms with van der Waals surface area (Å²) in [5.74, 6) is -1.57. The van der Waals surface area contributed by atoms with Crippen LogP contribution in [0.2, 0.25) is 0 Å². The zero-order valence-corrected chi connectivity index (χ0v) is 11.9. The van der Waals surface area contributed by atoms with Crippen molar-refractivity contribution in [2.45, 2.75) is 38.8 Å². The number of carboxylic acids is 1. The van der Waals surface area contributed by atoms with E-state index in [1.807, 2.05) is 6.92 Å². The molecule has 1 aromatic heterocycles. The van der Waals surface area contributed by atoms with Crippen LogP contribution in [0.25, 0.3) is 0 Å². The fraction of sp³-hybridized carbons (Fsp3) is 0.538. The Labute approximate surface area is 120 Å². The first kappa shape index (κ1) is 15.0. The summed E-state index contributed by atoms with van der Waals surface area (Å²) < 4.78 is 2.22. The lowest BCUT2D eigenvalue weighted by Crippen LogP contribution is -2.40. The van der Waals surface area contributed by atoms with Crippen molar-refractivity contribution in [3.63, 3.8) is 0 Å². The molecule has 114 valence electrons.